The number of aromatic carboxylic acids is 1. The molecule has 0 fully saturated rings. The van der Waals surface area contributed by atoms with Crippen molar-refractivity contribution < 1.29 is 18.3 Å². The third-order valence-corrected chi connectivity index (χ3v) is 4.74. The highest BCUT2D eigenvalue weighted by Crippen LogP contribution is 2.21. The minimum absolute atomic E-state index is 0.0540. The largest absolute Gasteiger partial charge is 0.478 e. The van der Waals surface area contributed by atoms with Crippen molar-refractivity contribution >= 4 is 37.7 Å². The Morgan fingerprint density at radius 1 is 1.29 bits per heavy atom. The molecule has 2 N–H and O–H groups in total. The standard InChI is InChI=1S/C13H11BrN2O4S/c1-8-10(13(17)18)3-2-4-11(8)21(19,20)16-12-6-5-9(14)7-15-12/h2-7H,1H3,(H,15,16)(H,17,18). The van der Waals surface area contributed by atoms with Crippen LogP contribution < -0.4 is 4.72 Å². The second-order valence-electron chi connectivity index (χ2n) is 4.20. The summed E-state index contributed by atoms with van der Waals surface area (Å²) in [5, 5.41) is 9.04. The number of benzene rings is 1. The first-order chi connectivity index (χ1) is 9.81. The lowest BCUT2D eigenvalue weighted by Gasteiger charge is -2.11. The smallest absolute Gasteiger partial charge is 0.335 e. The summed E-state index contributed by atoms with van der Waals surface area (Å²) in [6.07, 6.45) is 1.46. The number of pyridine rings is 1. The molecular formula is C13H11BrN2O4S. The molecule has 0 atom stereocenters. The zero-order valence-electron chi connectivity index (χ0n) is 10.9. The first-order valence-electron chi connectivity index (χ1n) is 5.78. The Morgan fingerprint density at radius 3 is 2.57 bits per heavy atom. The summed E-state index contributed by atoms with van der Waals surface area (Å²) in [6.45, 7) is 1.45. The number of sulfonamides is 1. The van der Waals surface area contributed by atoms with E-state index in [1.165, 1.54) is 37.4 Å². The number of hydrogen-bond donors (Lipinski definition) is 2. The van der Waals surface area contributed by atoms with E-state index in [0.29, 0.717) is 0 Å². The van der Waals surface area contributed by atoms with Gasteiger partial charge in [0.15, 0.2) is 0 Å². The number of carbonyl (C=O) groups is 1. The molecule has 1 aromatic carbocycles. The molecule has 0 radical (unpaired) electrons. The lowest BCUT2D eigenvalue weighted by molar-refractivity contribution is 0.0696. The number of aromatic nitrogens is 1. The van der Waals surface area contributed by atoms with Gasteiger partial charge >= 0.3 is 5.97 Å². The second kappa shape index (κ2) is 5.82. The summed E-state index contributed by atoms with van der Waals surface area (Å²) >= 11 is 3.20. The number of rotatable bonds is 4. The molecule has 0 aliphatic heterocycles. The van der Waals surface area contributed by atoms with E-state index in [-0.39, 0.29) is 21.8 Å². The van der Waals surface area contributed by atoms with Crippen molar-refractivity contribution in [3.05, 3.63) is 52.1 Å². The molecule has 6 nitrogen and oxygen atoms in total. The fraction of sp³-hybridized carbons (Fsp3) is 0.0769. The minimum atomic E-state index is -3.90. The highest BCUT2D eigenvalue weighted by atomic mass is 79.9. The maximum absolute atomic E-state index is 12.3. The van der Waals surface area contributed by atoms with E-state index in [1.807, 2.05) is 0 Å². The van der Waals surface area contributed by atoms with Crippen LogP contribution in [-0.2, 0) is 10.0 Å². The number of carboxylic acid groups (broad SMARTS) is 1. The molecule has 0 aliphatic carbocycles. The van der Waals surface area contributed by atoms with Crippen LogP contribution in [0, 0.1) is 6.92 Å². The molecule has 1 aromatic heterocycles. The zero-order chi connectivity index (χ0) is 15.6. The quantitative estimate of drug-likeness (QED) is 0.862. The number of nitrogens with zero attached hydrogens (tertiary/aromatic N) is 1. The van der Waals surface area contributed by atoms with Crippen LogP contribution in [0.15, 0.2) is 45.9 Å². The fourth-order valence-electron chi connectivity index (χ4n) is 1.77. The molecule has 0 amide bonds. The highest BCUT2D eigenvalue weighted by Gasteiger charge is 2.21. The molecule has 21 heavy (non-hydrogen) atoms. The summed E-state index contributed by atoms with van der Waals surface area (Å²) < 4.78 is 27.7. The first kappa shape index (κ1) is 15.5. The van der Waals surface area contributed by atoms with E-state index in [9.17, 15) is 13.2 Å². The van der Waals surface area contributed by atoms with Crippen molar-refractivity contribution in [2.75, 3.05) is 4.72 Å². The summed E-state index contributed by atoms with van der Waals surface area (Å²) in [4.78, 5) is 14.9. The van der Waals surface area contributed by atoms with Gasteiger partial charge in [-0.2, -0.15) is 0 Å². The SMILES string of the molecule is Cc1c(C(=O)O)cccc1S(=O)(=O)Nc1ccc(Br)cn1. The summed E-state index contributed by atoms with van der Waals surface area (Å²) in [6, 6.07) is 7.24. The van der Waals surface area contributed by atoms with Crippen LogP contribution in [0.2, 0.25) is 0 Å². The Kier molecular flexibility index (Phi) is 4.29. The van der Waals surface area contributed by atoms with Crippen LogP contribution in [0.1, 0.15) is 15.9 Å². The lowest BCUT2D eigenvalue weighted by atomic mass is 10.1. The molecule has 2 rings (SSSR count). The van der Waals surface area contributed by atoms with Crippen molar-refractivity contribution in [3.63, 3.8) is 0 Å². The molecule has 8 heteroatoms. The van der Waals surface area contributed by atoms with Crippen LogP contribution in [-0.4, -0.2) is 24.5 Å². The zero-order valence-corrected chi connectivity index (χ0v) is 13.3. The Hall–Kier alpha value is -1.93. The molecule has 1 heterocycles. The number of anilines is 1. The van der Waals surface area contributed by atoms with Crippen LogP contribution in [0.5, 0.6) is 0 Å². The van der Waals surface area contributed by atoms with Crippen LogP contribution in [0.3, 0.4) is 0 Å². The van der Waals surface area contributed by atoms with Crippen molar-refractivity contribution in [2.45, 2.75) is 11.8 Å². The summed E-state index contributed by atoms with van der Waals surface area (Å²) in [7, 11) is -3.90. The van der Waals surface area contributed by atoms with Crippen LogP contribution in [0.4, 0.5) is 5.82 Å². The van der Waals surface area contributed by atoms with Gasteiger partial charge in [0.05, 0.1) is 10.5 Å². The molecular weight excluding hydrogens is 360 g/mol. The Balaban J connectivity index is 2.42. The number of carboxylic acids is 1. The van der Waals surface area contributed by atoms with E-state index >= 15 is 0 Å². The van der Waals surface area contributed by atoms with Gasteiger partial charge in [-0.1, -0.05) is 6.07 Å². The Morgan fingerprint density at radius 2 is 2.00 bits per heavy atom. The topological polar surface area (TPSA) is 96.4 Å². The average Bonchev–Trinajstić information content (AvgIpc) is 2.41. The maximum Gasteiger partial charge on any atom is 0.335 e. The molecule has 2 aromatic rings. The van der Waals surface area contributed by atoms with Crippen molar-refractivity contribution in [1.29, 1.82) is 0 Å². The highest BCUT2D eigenvalue weighted by molar-refractivity contribution is 9.10. The van der Waals surface area contributed by atoms with Crippen LogP contribution >= 0.6 is 15.9 Å². The van der Waals surface area contributed by atoms with Gasteiger partial charge in [-0.3, -0.25) is 4.72 Å². The number of hydrogen-bond acceptors (Lipinski definition) is 4. The predicted molar refractivity (Wildman–Crippen MR) is 80.9 cm³/mol. The normalized spacial score (nSPS) is 11.1. The van der Waals surface area contributed by atoms with Gasteiger partial charge in [-0.05, 0) is 52.7 Å². The van der Waals surface area contributed by atoms with Crippen molar-refractivity contribution in [3.8, 4) is 0 Å². The maximum atomic E-state index is 12.3. The van der Waals surface area contributed by atoms with E-state index in [4.69, 9.17) is 5.11 Å². The third kappa shape index (κ3) is 3.40. The average molecular weight is 371 g/mol. The monoisotopic (exact) mass is 370 g/mol. The van der Waals surface area contributed by atoms with E-state index in [1.54, 1.807) is 6.07 Å². The minimum Gasteiger partial charge on any atom is -0.478 e. The summed E-state index contributed by atoms with van der Waals surface area (Å²) in [5.41, 5.74) is 0.122. The molecule has 0 aliphatic rings. The van der Waals surface area contributed by atoms with Crippen molar-refractivity contribution in [2.24, 2.45) is 0 Å². The third-order valence-electron chi connectivity index (χ3n) is 2.77. The van der Waals surface area contributed by atoms with E-state index in [0.717, 1.165) is 4.47 Å². The Bertz CT molecular complexity index is 788. The van der Waals surface area contributed by atoms with E-state index < -0.39 is 16.0 Å². The molecule has 0 saturated heterocycles. The van der Waals surface area contributed by atoms with Gasteiger partial charge < -0.3 is 5.11 Å². The summed E-state index contributed by atoms with van der Waals surface area (Å²) in [5.74, 6) is -1.02. The van der Waals surface area contributed by atoms with Crippen LogP contribution in [0.25, 0.3) is 0 Å². The van der Waals surface area contributed by atoms with Gasteiger partial charge in [0, 0.05) is 10.7 Å². The predicted octanol–water partition coefficient (Wildman–Crippen LogP) is 2.65. The van der Waals surface area contributed by atoms with Gasteiger partial charge in [0.25, 0.3) is 10.0 Å². The van der Waals surface area contributed by atoms with Gasteiger partial charge in [0.2, 0.25) is 0 Å². The van der Waals surface area contributed by atoms with E-state index in [2.05, 4.69) is 25.6 Å². The molecule has 0 saturated carbocycles. The second-order valence-corrected chi connectivity index (χ2v) is 6.77. The van der Waals surface area contributed by atoms with Gasteiger partial charge in [-0.15, -0.1) is 0 Å². The molecule has 0 bridgehead atoms. The lowest BCUT2D eigenvalue weighted by Crippen LogP contribution is -2.16. The number of halogens is 1. The first-order valence-corrected chi connectivity index (χ1v) is 8.06. The molecule has 0 unspecified atom stereocenters. The van der Waals surface area contributed by atoms with Gasteiger partial charge in [-0.25, -0.2) is 18.2 Å². The fourth-order valence-corrected chi connectivity index (χ4v) is 3.28. The van der Waals surface area contributed by atoms with Crippen molar-refractivity contribution in [1.82, 2.24) is 4.98 Å². The molecule has 110 valence electrons. The van der Waals surface area contributed by atoms with Gasteiger partial charge in [0.1, 0.15) is 5.82 Å². The molecule has 0 spiro atoms. The Labute approximate surface area is 130 Å². The number of nitrogens with one attached hydrogen (secondary N) is 1.